The third kappa shape index (κ3) is 3.75. The Bertz CT molecular complexity index is 1200. The van der Waals surface area contributed by atoms with Crippen LogP contribution in [0.5, 0.6) is 5.75 Å². The molecule has 0 unspecified atom stereocenters. The third-order valence-corrected chi connectivity index (χ3v) is 4.67. The van der Waals surface area contributed by atoms with Crippen LogP contribution in [-0.2, 0) is 6.54 Å². The molecule has 29 heavy (non-hydrogen) atoms. The Morgan fingerprint density at radius 2 is 1.62 bits per heavy atom. The molecule has 0 aliphatic heterocycles. The molecule has 0 fully saturated rings. The number of ether oxygens (including phenoxy) is 1. The highest BCUT2D eigenvalue weighted by molar-refractivity contribution is 6.07. The molecule has 1 aromatic heterocycles. The number of rotatable bonds is 5. The van der Waals surface area contributed by atoms with Crippen LogP contribution in [0.2, 0.25) is 0 Å². The number of carbonyl (C=O) groups excluding carboxylic acids is 1. The molecular weight excluding hydrogens is 366 g/mol. The van der Waals surface area contributed by atoms with E-state index in [0.29, 0.717) is 29.0 Å². The first kappa shape index (κ1) is 18.5. The standard InChI is InChI=1S/C24H19NO4/c1-28-21-14-8-11-18-15-20(24(27)29-22(18)21)23(26)25(19-12-6-3-7-13-19)16-17-9-4-2-5-10-17/h2-15H,16H2,1H3. The zero-order valence-electron chi connectivity index (χ0n) is 15.9. The largest absolute Gasteiger partial charge is 0.493 e. The van der Waals surface area contributed by atoms with Crippen LogP contribution in [0.1, 0.15) is 15.9 Å². The average molecular weight is 385 g/mol. The fraction of sp³-hybridized carbons (Fsp3) is 0.0833. The van der Waals surface area contributed by atoms with Crippen LogP contribution < -0.4 is 15.3 Å². The van der Waals surface area contributed by atoms with Gasteiger partial charge in [0.05, 0.1) is 13.7 Å². The minimum absolute atomic E-state index is 0.0227. The summed E-state index contributed by atoms with van der Waals surface area (Å²) in [5.41, 5.74) is 1.26. The molecule has 0 aliphatic carbocycles. The van der Waals surface area contributed by atoms with E-state index in [4.69, 9.17) is 9.15 Å². The minimum Gasteiger partial charge on any atom is -0.493 e. The van der Waals surface area contributed by atoms with E-state index in [9.17, 15) is 9.59 Å². The van der Waals surface area contributed by atoms with Crippen molar-refractivity contribution < 1.29 is 13.9 Å². The fourth-order valence-electron chi connectivity index (χ4n) is 3.23. The first-order valence-electron chi connectivity index (χ1n) is 9.19. The molecule has 0 saturated carbocycles. The Morgan fingerprint density at radius 1 is 0.931 bits per heavy atom. The normalized spacial score (nSPS) is 10.7. The van der Waals surface area contributed by atoms with Gasteiger partial charge in [0.15, 0.2) is 11.3 Å². The summed E-state index contributed by atoms with van der Waals surface area (Å²) in [5, 5.41) is 0.625. The van der Waals surface area contributed by atoms with E-state index < -0.39 is 11.5 Å². The van der Waals surface area contributed by atoms with Gasteiger partial charge in [0.1, 0.15) is 5.56 Å². The fourth-order valence-corrected chi connectivity index (χ4v) is 3.23. The molecule has 5 heteroatoms. The molecule has 1 heterocycles. The van der Waals surface area contributed by atoms with Crippen LogP contribution >= 0.6 is 0 Å². The van der Waals surface area contributed by atoms with Gasteiger partial charge in [0, 0.05) is 11.1 Å². The quantitative estimate of drug-likeness (QED) is 0.469. The van der Waals surface area contributed by atoms with Gasteiger partial charge in [-0.25, -0.2) is 4.79 Å². The number of para-hydroxylation sites is 2. The summed E-state index contributed by atoms with van der Waals surface area (Å²) in [6.07, 6.45) is 0. The predicted molar refractivity (Wildman–Crippen MR) is 112 cm³/mol. The zero-order chi connectivity index (χ0) is 20.2. The first-order chi connectivity index (χ1) is 14.2. The number of benzene rings is 3. The van der Waals surface area contributed by atoms with Crippen molar-refractivity contribution in [1.82, 2.24) is 0 Å². The van der Waals surface area contributed by atoms with Gasteiger partial charge in [-0.3, -0.25) is 4.79 Å². The monoisotopic (exact) mass is 385 g/mol. The molecule has 0 atom stereocenters. The summed E-state index contributed by atoms with van der Waals surface area (Å²) in [7, 11) is 1.50. The van der Waals surface area contributed by atoms with Crippen LogP contribution in [-0.4, -0.2) is 13.0 Å². The van der Waals surface area contributed by atoms with Crippen molar-refractivity contribution in [2.24, 2.45) is 0 Å². The summed E-state index contributed by atoms with van der Waals surface area (Å²) in [5.74, 6) is 0.0290. The second-order valence-corrected chi connectivity index (χ2v) is 6.54. The van der Waals surface area contributed by atoms with Gasteiger partial charge in [0.2, 0.25) is 0 Å². The SMILES string of the molecule is COc1cccc2cc(C(=O)N(Cc3ccccc3)c3ccccc3)c(=O)oc12. The lowest BCUT2D eigenvalue weighted by molar-refractivity contribution is 0.0981. The first-order valence-corrected chi connectivity index (χ1v) is 9.19. The third-order valence-electron chi connectivity index (χ3n) is 4.67. The Morgan fingerprint density at radius 3 is 2.31 bits per heavy atom. The highest BCUT2D eigenvalue weighted by Crippen LogP contribution is 2.26. The van der Waals surface area contributed by atoms with Crippen molar-refractivity contribution in [2.45, 2.75) is 6.54 Å². The van der Waals surface area contributed by atoms with Crippen molar-refractivity contribution in [2.75, 3.05) is 12.0 Å². The van der Waals surface area contributed by atoms with Crippen molar-refractivity contribution in [3.8, 4) is 5.75 Å². The van der Waals surface area contributed by atoms with E-state index in [1.54, 1.807) is 29.2 Å². The number of nitrogens with zero attached hydrogens (tertiary/aromatic N) is 1. The van der Waals surface area contributed by atoms with Gasteiger partial charge in [-0.2, -0.15) is 0 Å². The molecule has 0 radical (unpaired) electrons. The van der Waals surface area contributed by atoms with Crippen LogP contribution in [0.3, 0.4) is 0 Å². The van der Waals surface area contributed by atoms with Crippen LogP contribution in [0.25, 0.3) is 11.0 Å². The van der Waals surface area contributed by atoms with Crippen molar-refractivity contribution in [1.29, 1.82) is 0 Å². The molecule has 0 spiro atoms. The zero-order valence-corrected chi connectivity index (χ0v) is 15.9. The van der Waals surface area contributed by atoms with E-state index in [1.165, 1.54) is 7.11 Å². The van der Waals surface area contributed by atoms with E-state index in [0.717, 1.165) is 5.56 Å². The van der Waals surface area contributed by atoms with E-state index in [2.05, 4.69) is 0 Å². The van der Waals surface area contributed by atoms with E-state index in [-0.39, 0.29) is 5.56 Å². The average Bonchev–Trinajstić information content (AvgIpc) is 2.77. The number of methoxy groups -OCH3 is 1. The van der Waals surface area contributed by atoms with Crippen molar-refractivity contribution >= 4 is 22.6 Å². The number of amides is 1. The maximum absolute atomic E-state index is 13.4. The maximum atomic E-state index is 13.4. The molecule has 3 aromatic carbocycles. The molecule has 4 aromatic rings. The summed E-state index contributed by atoms with van der Waals surface area (Å²) >= 11 is 0. The molecule has 0 aliphatic rings. The van der Waals surface area contributed by atoms with Crippen molar-refractivity contribution in [3.63, 3.8) is 0 Å². The Kier molecular flexibility index (Phi) is 5.12. The lowest BCUT2D eigenvalue weighted by Crippen LogP contribution is -2.33. The molecular formula is C24H19NO4. The van der Waals surface area contributed by atoms with Crippen LogP contribution in [0.15, 0.2) is 94.1 Å². The van der Waals surface area contributed by atoms with E-state index >= 15 is 0 Å². The number of hydrogen-bond acceptors (Lipinski definition) is 4. The Labute approximate surface area is 167 Å². The molecule has 0 N–H and O–H groups in total. The van der Waals surface area contributed by atoms with Crippen LogP contribution in [0.4, 0.5) is 5.69 Å². The molecule has 0 bridgehead atoms. The summed E-state index contributed by atoms with van der Waals surface area (Å²) < 4.78 is 10.7. The smallest absolute Gasteiger partial charge is 0.349 e. The molecule has 4 rings (SSSR count). The second kappa shape index (κ2) is 8.02. The molecule has 5 nitrogen and oxygen atoms in total. The number of fused-ring (bicyclic) bond motifs is 1. The molecule has 144 valence electrons. The summed E-state index contributed by atoms with van der Waals surface area (Å²) in [4.78, 5) is 27.6. The van der Waals surface area contributed by atoms with Gasteiger partial charge in [-0.05, 0) is 29.8 Å². The van der Waals surface area contributed by atoms with Gasteiger partial charge < -0.3 is 14.1 Å². The predicted octanol–water partition coefficient (Wildman–Crippen LogP) is 4.65. The van der Waals surface area contributed by atoms with Gasteiger partial charge in [0.25, 0.3) is 5.91 Å². The lowest BCUT2D eigenvalue weighted by Gasteiger charge is -2.23. The second-order valence-electron chi connectivity index (χ2n) is 6.54. The minimum atomic E-state index is -0.694. The van der Waals surface area contributed by atoms with Gasteiger partial charge >= 0.3 is 5.63 Å². The molecule has 0 saturated heterocycles. The Hall–Kier alpha value is -3.86. The van der Waals surface area contributed by atoms with Gasteiger partial charge in [-0.1, -0.05) is 60.7 Å². The summed E-state index contributed by atoms with van der Waals surface area (Å²) in [6.45, 7) is 0.333. The highest BCUT2D eigenvalue weighted by Gasteiger charge is 2.23. The maximum Gasteiger partial charge on any atom is 0.349 e. The van der Waals surface area contributed by atoms with Crippen molar-refractivity contribution in [3.05, 3.63) is 106 Å². The van der Waals surface area contributed by atoms with E-state index in [1.807, 2.05) is 60.7 Å². The Balaban J connectivity index is 1.80. The summed E-state index contributed by atoms with van der Waals surface area (Å²) in [6, 6.07) is 25.7. The lowest BCUT2D eigenvalue weighted by atomic mass is 10.1. The number of hydrogen-bond donors (Lipinski definition) is 0. The van der Waals surface area contributed by atoms with Gasteiger partial charge in [-0.15, -0.1) is 0 Å². The molecule has 1 amide bonds. The van der Waals surface area contributed by atoms with Crippen LogP contribution in [0, 0.1) is 0 Å². The highest BCUT2D eigenvalue weighted by atomic mass is 16.5. The topological polar surface area (TPSA) is 59.8 Å². The number of anilines is 1. The number of carbonyl (C=O) groups is 1.